The average Bonchev–Trinajstić information content (AvgIpc) is 2.55. The summed E-state index contributed by atoms with van der Waals surface area (Å²) in [5.74, 6) is 0.638. The minimum absolute atomic E-state index is 0.638. The summed E-state index contributed by atoms with van der Waals surface area (Å²) in [4.78, 5) is 6.58. The molecule has 0 radical (unpaired) electrons. The van der Waals surface area contributed by atoms with Gasteiger partial charge in [-0.25, -0.2) is 0 Å². The molecule has 2 N–H and O–H groups in total. The number of guanidine groups is 1. The maximum atomic E-state index is 6.02. The van der Waals surface area contributed by atoms with Gasteiger partial charge in [-0.05, 0) is 22.8 Å². The number of hydrogen-bond donors (Lipinski definition) is 1. The molecule has 4 heteroatoms. The van der Waals surface area contributed by atoms with Gasteiger partial charge in [0.15, 0.2) is 5.96 Å². The van der Waals surface area contributed by atoms with Gasteiger partial charge < -0.3 is 15.4 Å². The van der Waals surface area contributed by atoms with Crippen LogP contribution >= 0.6 is 0 Å². The van der Waals surface area contributed by atoms with Crippen molar-refractivity contribution in [3.63, 3.8) is 0 Å². The van der Waals surface area contributed by atoms with Gasteiger partial charge in [-0.2, -0.15) is 0 Å². The highest BCUT2D eigenvalue weighted by molar-refractivity contribution is 5.83. The van der Waals surface area contributed by atoms with Crippen molar-refractivity contribution >= 4 is 16.7 Å². The number of ether oxygens (including phenoxy) is 1. The normalized spacial score (nSPS) is 16.4. The Balaban J connectivity index is 1.60. The first-order valence-electron chi connectivity index (χ1n) is 7.43. The Labute approximate surface area is 125 Å². The van der Waals surface area contributed by atoms with Crippen LogP contribution in [0.1, 0.15) is 5.56 Å². The lowest BCUT2D eigenvalue weighted by atomic mass is 10.1. The van der Waals surface area contributed by atoms with E-state index in [2.05, 4.69) is 52.4 Å². The number of nitrogens with two attached hydrogens (primary N) is 1. The summed E-state index contributed by atoms with van der Waals surface area (Å²) in [5.41, 5.74) is 7.32. The van der Waals surface area contributed by atoms with E-state index in [1.54, 1.807) is 0 Å². The molecule has 2 aromatic rings. The molecule has 110 valence electrons. The number of nitrogens with zero attached hydrogens (tertiary/aromatic N) is 2. The summed E-state index contributed by atoms with van der Waals surface area (Å²) in [6.07, 6.45) is 0.913. The second kappa shape index (κ2) is 6.59. The first-order chi connectivity index (χ1) is 10.3. The van der Waals surface area contributed by atoms with E-state index in [9.17, 15) is 0 Å². The van der Waals surface area contributed by atoms with E-state index in [-0.39, 0.29) is 0 Å². The number of aliphatic imine (C=N–C) groups is 1. The van der Waals surface area contributed by atoms with Crippen LogP contribution in [0.15, 0.2) is 47.5 Å². The Kier molecular flexibility index (Phi) is 4.36. The molecular formula is C17H21N3O. The molecule has 1 heterocycles. The van der Waals surface area contributed by atoms with Crippen LogP contribution in [0.5, 0.6) is 0 Å². The maximum absolute atomic E-state index is 6.02. The van der Waals surface area contributed by atoms with E-state index in [0.29, 0.717) is 5.96 Å². The molecular weight excluding hydrogens is 262 g/mol. The van der Waals surface area contributed by atoms with E-state index in [4.69, 9.17) is 10.5 Å². The van der Waals surface area contributed by atoms with E-state index < -0.39 is 0 Å². The summed E-state index contributed by atoms with van der Waals surface area (Å²) in [7, 11) is 0. The van der Waals surface area contributed by atoms with Crippen LogP contribution in [0.3, 0.4) is 0 Å². The largest absolute Gasteiger partial charge is 0.378 e. The lowest BCUT2D eigenvalue weighted by molar-refractivity contribution is 0.0674. The monoisotopic (exact) mass is 283 g/mol. The predicted octanol–water partition coefficient (Wildman–Crippen LogP) is 2.03. The molecule has 0 bridgehead atoms. The molecule has 0 aromatic heterocycles. The molecule has 21 heavy (non-hydrogen) atoms. The minimum Gasteiger partial charge on any atom is -0.378 e. The standard InChI is InChI=1S/C17H21N3O/c18-17(20-9-11-21-12-10-20)19-8-7-14-5-6-15-3-1-2-4-16(15)13-14/h1-6,13H,7-12H2,(H2,18,19). The zero-order chi connectivity index (χ0) is 14.5. The van der Waals surface area contributed by atoms with Crippen LogP contribution < -0.4 is 5.73 Å². The molecule has 4 nitrogen and oxygen atoms in total. The SMILES string of the molecule is NC(=NCCc1ccc2ccccc2c1)N1CCOCC1. The van der Waals surface area contributed by atoms with Crippen LogP contribution in [0.4, 0.5) is 0 Å². The fraction of sp³-hybridized carbons (Fsp3) is 0.353. The molecule has 2 aromatic carbocycles. The molecule has 0 aliphatic carbocycles. The van der Waals surface area contributed by atoms with Crippen molar-refractivity contribution in [2.45, 2.75) is 6.42 Å². The van der Waals surface area contributed by atoms with Gasteiger partial charge in [0.1, 0.15) is 0 Å². The number of morpholine rings is 1. The quantitative estimate of drug-likeness (QED) is 0.692. The van der Waals surface area contributed by atoms with Crippen molar-refractivity contribution in [2.75, 3.05) is 32.8 Å². The molecule has 1 saturated heterocycles. The summed E-state index contributed by atoms with van der Waals surface area (Å²) in [6, 6.07) is 15.0. The fourth-order valence-electron chi connectivity index (χ4n) is 2.59. The summed E-state index contributed by atoms with van der Waals surface area (Å²) < 4.78 is 5.31. The molecule has 0 saturated carbocycles. The fourth-order valence-corrected chi connectivity index (χ4v) is 2.59. The molecule has 3 rings (SSSR count). The number of hydrogen-bond acceptors (Lipinski definition) is 2. The Bertz CT molecular complexity index is 633. The van der Waals surface area contributed by atoms with Crippen LogP contribution in [-0.4, -0.2) is 43.7 Å². The van der Waals surface area contributed by atoms with E-state index >= 15 is 0 Å². The molecule has 0 spiro atoms. The Morgan fingerprint density at radius 3 is 2.67 bits per heavy atom. The van der Waals surface area contributed by atoms with Gasteiger partial charge in [-0.1, -0.05) is 42.5 Å². The highest BCUT2D eigenvalue weighted by Gasteiger charge is 2.11. The van der Waals surface area contributed by atoms with E-state index in [1.165, 1.54) is 16.3 Å². The van der Waals surface area contributed by atoms with Crippen molar-refractivity contribution < 1.29 is 4.74 Å². The van der Waals surface area contributed by atoms with Gasteiger partial charge in [0, 0.05) is 19.6 Å². The second-order valence-electron chi connectivity index (χ2n) is 5.27. The zero-order valence-electron chi connectivity index (χ0n) is 12.2. The van der Waals surface area contributed by atoms with Crippen molar-refractivity contribution in [1.82, 2.24) is 4.90 Å². The minimum atomic E-state index is 0.638. The van der Waals surface area contributed by atoms with Crippen LogP contribution in [-0.2, 0) is 11.2 Å². The van der Waals surface area contributed by atoms with Crippen molar-refractivity contribution in [3.05, 3.63) is 48.0 Å². The van der Waals surface area contributed by atoms with E-state index in [1.807, 2.05) is 0 Å². The predicted molar refractivity (Wildman–Crippen MR) is 86.5 cm³/mol. The van der Waals surface area contributed by atoms with Crippen molar-refractivity contribution in [2.24, 2.45) is 10.7 Å². The zero-order valence-corrected chi connectivity index (χ0v) is 12.2. The van der Waals surface area contributed by atoms with Gasteiger partial charge in [0.05, 0.1) is 13.2 Å². The Morgan fingerprint density at radius 1 is 1.10 bits per heavy atom. The molecule has 0 amide bonds. The van der Waals surface area contributed by atoms with E-state index in [0.717, 1.165) is 39.3 Å². The van der Waals surface area contributed by atoms with Crippen molar-refractivity contribution in [3.8, 4) is 0 Å². The van der Waals surface area contributed by atoms with Crippen LogP contribution in [0.25, 0.3) is 10.8 Å². The molecule has 0 atom stereocenters. The van der Waals surface area contributed by atoms with Gasteiger partial charge in [0.25, 0.3) is 0 Å². The topological polar surface area (TPSA) is 50.8 Å². The molecule has 0 unspecified atom stereocenters. The van der Waals surface area contributed by atoms with Gasteiger partial charge >= 0.3 is 0 Å². The van der Waals surface area contributed by atoms with Gasteiger partial charge in [0.2, 0.25) is 0 Å². The highest BCUT2D eigenvalue weighted by atomic mass is 16.5. The lowest BCUT2D eigenvalue weighted by Crippen LogP contribution is -2.44. The maximum Gasteiger partial charge on any atom is 0.191 e. The molecule has 1 fully saturated rings. The first kappa shape index (κ1) is 13.9. The third-order valence-electron chi connectivity index (χ3n) is 3.82. The van der Waals surface area contributed by atoms with Crippen LogP contribution in [0.2, 0.25) is 0 Å². The third-order valence-corrected chi connectivity index (χ3v) is 3.82. The third kappa shape index (κ3) is 3.52. The second-order valence-corrected chi connectivity index (χ2v) is 5.27. The lowest BCUT2D eigenvalue weighted by Gasteiger charge is -2.27. The Morgan fingerprint density at radius 2 is 1.86 bits per heavy atom. The smallest absolute Gasteiger partial charge is 0.191 e. The van der Waals surface area contributed by atoms with Gasteiger partial charge in [-0.3, -0.25) is 4.99 Å². The summed E-state index contributed by atoms with van der Waals surface area (Å²) in [5, 5.41) is 2.55. The van der Waals surface area contributed by atoms with Crippen molar-refractivity contribution in [1.29, 1.82) is 0 Å². The number of fused-ring (bicyclic) bond motifs is 1. The molecule has 1 aliphatic heterocycles. The summed E-state index contributed by atoms with van der Waals surface area (Å²) in [6.45, 7) is 3.87. The molecule has 1 aliphatic rings. The number of rotatable bonds is 3. The number of benzene rings is 2. The average molecular weight is 283 g/mol. The highest BCUT2D eigenvalue weighted by Crippen LogP contribution is 2.15. The Hall–Kier alpha value is -2.07. The van der Waals surface area contributed by atoms with Crippen LogP contribution in [0, 0.1) is 0 Å². The first-order valence-corrected chi connectivity index (χ1v) is 7.43. The van der Waals surface area contributed by atoms with Gasteiger partial charge in [-0.15, -0.1) is 0 Å². The summed E-state index contributed by atoms with van der Waals surface area (Å²) >= 11 is 0.